The molecule has 1 aliphatic heterocycles. The molecule has 1 saturated heterocycles. The Labute approximate surface area is 244 Å². The summed E-state index contributed by atoms with van der Waals surface area (Å²) < 4.78 is 26.8. The number of likely N-dealkylation sites (tertiary alicyclic amines) is 1. The Bertz CT molecular complexity index is 1510. The van der Waals surface area contributed by atoms with Gasteiger partial charge >= 0.3 is 6.03 Å². The number of aromatic nitrogens is 2. The van der Waals surface area contributed by atoms with Gasteiger partial charge in [0.2, 0.25) is 5.91 Å². The minimum absolute atomic E-state index is 0.0325. The summed E-state index contributed by atoms with van der Waals surface area (Å²) in [5.41, 5.74) is 20.0. The van der Waals surface area contributed by atoms with Gasteiger partial charge in [0, 0.05) is 43.7 Å². The van der Waals surface area contributed by atoms with Crippen molar-refractivity contribution in [2.45, 2.75) is 44.6 Å². The molecule has 0 bridgehead atoms. The third-order valence-corrected chi connectivity index (χ3v) is 6.88. The van der Waals surface area contributed by atoms with Crippen LogP contribution in [-0.4, -0.2) is 57.9 Å². The number of anilines is 1. The van der Waals surface area contributed by atoms with Crippen LogP contribution >= 0.6 is 0 Å². The van der Waals surface area contributed by atoms with Gasteiger partial charge in [-0.15, -0.1) is 0 Å². The molecule has 2 aromatic rings. The Kier molecular flexibility index (Phi) is 12.1. The third-order valence-electron chi connectivity index (χ3n) is 6.88. The highest BCUT2D eigenvalue weighted by atomic mass is 19.1. The maximum Gasteiger partial charge on any atom is 0.323 e. The fraction of sp³-hybridized carbons (Fsp3) is 0.333. The maximum absolute atomic E-state index is 13.4. The summed E-state index contributed by atoms with van der Waals surface area (Å²) in [4.78, 5) is 37.1. The molecule has 0 radical (unpaired) electrons. The van der Waals surface area contributed by atoms with Crippen molar-refractivity contribution in [1.29, 1.82) is 0 Å². The van der Waals surface area contributed by atoms with E-state index in [0.29, 0.717) is 18.8 Å². The SMILES string of the molecule is C=C=C=C=C=C=C=C=C=C.CN(C(=O)Nc1cnc(-c2cc(F)cc(F)c2)cn1)C1CCN(C(=O)C2CCCC2)CC1. The Morgan fingerprint density at radius 2 is 1.45 bits per heavy atom. The van der Waals surface area contributed by atoms with Crippen LogP contribution in [0.15, 0.2) is 89.6 Å². The summed E-state index contributed by atoms with van der Waals surface area (Å²) in [6, 6.07) is 2.84. The van der Waals surface area contributed by atoms with Crippen molar-refractivity contribution in [3.8, 4) is 11.3 Å². The van der Waals surface area contributed by atoms with Crippen LogP contribution in [0.5, 0.6) is 0 Å². The molecule has 9 heteroatoms. The average Bonchev–Trinajstić information content (AvgIpc) is 3.54. The van der Waals surface area contributed by atoms with Gasteiger partial charge in [-0.3, -0.25) is 15.1 Å². The number of carbonyl (C=O) groups is 2. The van der Waals surface area contributed by atoms with E-state index >= 15 is 0 Å². The first-order chi connectivity index (χ1) is 20.3. The number of halogens is 2. The lowest BCUT2D eigenvalue weighted by atomic mass is 10.0. The predicted octanol–water partition coefficient (Wildman–Crippen LogP) is 6.11. The predicted molar refractivity (Wildman–Crippen MR) is 155 cm³/mol. The fourth-order valence-corrected chi connectivity index (χ4v) is 4.72. The molecule has 7 nitrogen and oxygen atoms in total. The molecule has 1 N–H and O–H groups in total. The summed E-state index contributed by atoms with van der Waals surface area (Å²) >= 11 is 0. The lowest BCUT2D eigenvalue weighted by molar-refractivity contribution is -0.136. The Morgan fingerprint density at radius 1 is 0.881 bits per heavy atom. The van der Waals surface area contributed by atoms with E-state index in [1.54, 1.807) is 11.9 Å². The number of hydrogen-bond donors (Lipinski definition) is 1. The molecule has 0 unspecified atom stereocenters. The van der Waals surface area contributed by atoms with Crippen LogP contribution in [0, 0.1) is 17.6 Å². The van der Waals surface area contributed by atoms with Crippen LogP contribution in [0.4, 0.5) is 19.4 Å². The standard InChI is InChI=1S/C23H27F2N5O2.C10H4/c1-29(19-6-8-30(9-7-19)22(31)15-4-2-3-5-15)23(32)28-21-14-26-20(13-27-21)16-10-17(24)12-18(25)11-16;1-3-5-7-9-10-8-6-4-2/h10-15,19H,2-9H2,1H3,(H,27,28,32);1-2H2. The molecule has 1 aromatic heterocycles. The van der Waals surface area contributed by atoms with Crippen molar-refractivity contribution in [2.24, 2.45) is 5.92 Å². The van der Waals surface area contributed by atoms with Crippen molar-refractivity contribution in [2.75, 3.05) is 25.5 Å². The lowest BCUT2D eigenvalue weighted by Crippen LogP contribution is -2.49. The minimum atomic E-state index is -0.697. The van der Waals surface area contributed by atoms with E-state index in [4.69, 9.17) is 0 Å². The zero-order valence-electron chi connectivity index (χ0n) is 23.5. The van der Waals surface area contributed by atoms with Crippen molar-refractivity contribution < 1.29 is 18.4 Å². The van der Waals surface area contributed by atoms with Gasteiger partial charge in [-0.05, 0) is 85.4 Å². The smallest absolute Gasteiger partial charge is 0.323 e. The number of nitrogens with zero attached hydrogens (tertiary/aromatic N) is 4. The van der Waals surface area contributed by atoms with E-state index in [1.807, 2.05) is 4.90 Å². The molecular formula is C33H31F2N5O2. The van der Waals surface area contributed by atoms with Crippen molar-refractivity contribution in [1.82, 2.24) is 19.8 Å². The third kappa shape index (κ3) is 9.51. The van der Waals surface area contributed by atoms with Crippen molar-refractivity contribution in [3.63, 3.8) is 0 Å². The number of benzene rings is 1. The molecule has 1 aromatic carbocycles. The summed E-state index contributed by atoms with van der Waals surface area (Å²) in [5.74, 6) is -0.704. The van der Waals surface area contributed by atoms with Crippen molar-refractivity contribution >= 4 is 17.8 Å². The van der Waals surface area contributed by atoms with E-state index in [-0.39, 0.29) is 35.3 Å². The Balaban J connectivity index is 0.000000416. The highest BCUT2D eigenvalue weighted by Crippen LogP contribution is 2.28. The van der Waals surface area contributed by atoms with Gasteiger partial charge in [-0.25, -0.2) is 18.6 Å². The largest absolute Gasteiger partial charge is 0.342 e. The normalized spacial score (nSPS) is 14.1. The number of piperidine rings is 1. The van der Waals surface area contributed by atoms with Crippen LogP contribution in [0.25, 0.3) is 11.3 Å². The summed E-state index contributed by atoms with van der Waals surface area (Å²) in [7, 11) is 1.73. The van der Waals surface area contributed by atoms with Gasteiger partial charge in [0.25, 0.3) is 0 Å². The summed E-state index contributed by atoms with van der Waals surface area (Å²) in [5, 5.41) is 2.70. The zero-order valence-corrected chi connectivity index (χ0v) is 23.5. The second-order valence-electron chi connectivity index (χ2n) is 9.63. The second-order valence-corrected chi connectivity index (χ2v) is 9.63. The van der Waals surface area contributed by atoms with E-state index in [9.17, 15) is 18.4 Å². The van der Waals surface area contributed by atoms with Crippen LogP contribution in [-0.2, 0) is 4.79 Å². The highest BCUT2D eigenvalue weighted by Gasteiger charge is 2.32. The van der Waals surface area contributed by atoms with E-state index in [1.165, 1.54) is 24.5 Å². The van der Waals surface area contributed by atoms with Crippen LogP contribution in [0.3, 0.4) is 0 Å². The number of rotatable bonds is 4. The van der Waals surface area contributed by atoms with Gasteiger partial charge in [-0.2, -0.15) is 0 Å². The number of amides is 3. The molecule has 2 aliphatic rings. The monoisotopic (exact) mass is 567 g/mol. The Hall–Kier alpha value is -5.12. The number of urea groups is 1. The van der Waals surface area contributed by atoms with Crippen molar-refractivity contribution in [3.05, 3.63) is 101 Å². The molecule has 2 fully saturated rings. The second kappa shape index (κ2) is 16.2. The molecule has 42 heavy (non-hydrogen) atoms. The van der Waals surface area contributed by atoms with Gasteiger partial charge < -0.3 is 9.80 Å². The molecule has 214 valence electrons. The van der Waals surface area contributed by atoms with Crippen LogP contribution < -0.4 is 5.32 Å². The van der Waals surface area contributed by atoms with Crippen LogP contribution in [0.1, 0.15) is 38.5 Å². The van der Waals surface area contributed by atoms with E-state index in [0.717, 1.165) is 44.6 Å². The summed E-state index contributed by atoms with van der Waals surface area (Å²) in [6.45, 7) is 7.87. The Morgan fingerprint density at radius 3 is 1.98 bits per heavy atom. The molecule has 0 spiro atoms. The van der Waals surface area contributed by atoms with Gasteiger partial charge in [0.15, 0.2) is 5.82 Å². The van der Waals surface area contributed by atoms with Gasteiger partial charge in [0.1, 0.15) is 11.6 Å². The van der Waals surface area contributed by atoms with Crippen LogP contribution in [0.2, 0.25) is 0 Å². The number of hydrogen-bond acceptors (Lipinski definition) is 4. The quantitative estimate of drug-likeness (QED) is 0.453. The minimum Gasteiger partial charge on any atom is -0.342 e. The molecule has 4 rings (SSSR count). The first-order valence-electron chi connectivity index (χ1n) is 13.5. The number of carbonyl (C=O) groups excluding carboxylic acids is 2. The van der Waals surface area contributed by atoms with E-state index < -0.39 is 11.6 Å². The fourth-order valence-electron chi connectivity index (χ4n) is 4.72. The number of nitrogens with one attached hydrogen (secondary N) is 1. The molecular weight excluding hydrogens is 536 g/mol. The topological polar surface area (TPSA) is 78.4 Å². The zero-order chi connectivity index (χ0) is 30.3. The highest BCUT2D eigenvalue weighted by molar-refractivity contribution is 5.88. The molecule has 0 atom stereocenters. The van der Waals surface area contributed by atoms with Gasteiger partial charge in [-0.1, -0.05) is 24.3 Å². The molecule has 2 heterocycles. The van der Waals surface area contributed by atoms with E-state index in [2.05, 4.69) is 74.3 Å². The first kappa shape index (κ1) is 31.4. The molecule has 1 saturated carbocycles. The maximum atomic E-state index is 13.4. The average molecular weight is 568 g/mol. The molecule has 3 amide bonds. The lowest BCUT2D eigenvalue weighted by Gasteiger charge is -2.37. The first-order valence-corrected chi connectivity index (χ1v) is 13.5. The van der Waals surface area contributed by atoms with Gasteiger partial charge in [0.05, 0.1) is 18.1 Å². The summed E-state index contributed by atoms with van der Waals surface area (Å²) in [6.07, 6.45) is 8.45. The molecule has 1 aliphatic carbocycles.